The fraction of sp³-hybridized carbons (Fsp3) is 0.417. The van der Waals surface area contributed by atoms with Crippen LogP contribution in [0.25, 0.3) is 0 Å². The van der Waals surface area contributed by atoms with Crippen molar-refractivity contribution in [2.24, 2.45) is 5.73 Å². The summed E-state index contributed by atoms with van der Waals surface area (Å²) in [6, 6.07) is 7.20. The molecule has 1 aliphatic heterocycles. The molecule has 0 bridgehead atoms. The molecule has 2 rings (SSSR count). The number of likely N-dealkylation sites (N-methyl/N-ethyl adjacent to an activating group) is 1. The van der Waals surface area contributed by atoms with Gasteiger partial charge in [-0.15, -0.1) is 0 Å². The number of hydrogen-bond donors (Lipinski definition) is 1. The monoisotopic (exact) mass is 220 g/mol. The minimum atomic E-state index is -0.434. The predicted molar refractivity (Wildman–Crippen MR) is 61.1 cm³/mol. The summed E-state index contributed by atoms with van der Waals surface area (Å²) in [5.41, 5.74) is 6.83. The van der Waals surface area contributed by atoms with E-state index in [0.29, 0.717) is 6.54 Å². The van der Waals surface area contributed by atoms with E-state index in [9.17, 15) is 4.79 Å². The van der Waals surface area contributed by atoms with Crippen molar-refractivity contribution in [1.29, 1.82) is 0 Å². The number of hydrogen-bond acceptors (Lipinski definition) is 3. The van der Waals surface area contributed by atoms with Crippen LogP contribution in [0.1, 0.15) is 18.5 Å². The Morgan fingerprint density at radius 1 is 1.44 bits per heavy atom. The molecule has 1 saturated heterocycles. The molecule has 1 heterocycles. The molecular formula is C12H16N2O2. The number of para-hydroxylation sites is 1. The first-order valence-corrected chi connectivity index (χ1v) is 5.39. The molecule has 0 aliphatic carbocycles. The fourth-order valence-electron chi connectivity index (χ4n) is 2.20. The average molecular weight is 220 g/mol. The van der Waals surface area contributed by atoms with Crippen molar-refractivity contribution < 1.29 is 9.53 Å². The van der Waals surface area contributed by atoms with Gasteiger partial charge in [0.1, 0.15) is 11.8 Å². The summed E-state index contributed by atoms with van der Waals surface area (Å²) in [4.78, 5) is 13.3. The van der Waals surface area contributed by atoms with E-state index in [1.165, 1.54) is 0 Å². The highest BCUT2D eigenvalue weighted by Gasteiger charge is 2.45. The lowest BCUT2D eigenvalue weighted by Crippen LogP contribution is -2.62. The van der Waals surface area contributed by atoms with Gasteiger partial charge in [-0.3, -0.25) is 4.79 Å². The van der Waals surface area contributed by atoms with Gasteiger partial charge in [-0.25, -0.2) is 0 Å². The number of nitrogens with zero attached hydrogens (tertiary/aromatic N) is 1. The smallest absolute Gasteiger partial charge is 0.242 e. The van der Waals surface area contributed by atoms with Gasteiger partial charge in [-0.2, -0.15) is 0 Å². The maximum absolute atomic E-state index is 11.5. The van der Waals surface area contributed by atoms with Crippen molar-refractivity contribution in [2.45, 2.75) is 19.0 Å². The van der Waals surface area contributed by atoms with Gasteiger partial charge >= 0.3 is 0 Å². The van der Waals surface area contributed by atoms with Crippen LogP contribution in [0.3, 0.4) is 0 Å². The third-order valence-electron chi connectivity index (χ3n) is 3.04. The van der Waals surface area contributed by atoms with Crippen molar-refractivity contribution in [2.75, 3.05) is 13.7 Å². The standard InChI is InChI=1S/C12H16N2O2/c1-3-14-11(10(13)12(14)15)8-6-4-5-7-9(8)16-2/h4-7,10-11H,3,13H2,1-2H3/t10-,11-/m0/s1. The lowest BCUT2D eigenvalue weighted by atomic mass is 9.88. The van der Waals surface area contributed by atoms with Gasteiger partial charge in [0.2, 0.25) is 5.91 Å². The molecule has 16 heavy (non-hydrogen) atoms. The maximum atomic E-state index is 11.5. The Labute approximate surface area is 95.0 Å². The van der Waals surface area contributed by atoms with Crippen LogP contribution in [0.4, 0.5) is 0 Å². The van der Waals surface area contributed by atoms with E-state index >= 15 is 0 Å². The summed E-state index contributed by atoms with van der Waals surface area (Å²) in [6.07, 6.45) is 0. The highest BCUT2D eigenvalue weighted by atomic mass is 16.5. The molecule has 2 atom stereocenters. The molecule has 4 heteroatoms. The second kappa shape index (κ2) is 4.14. The molecular weight excluding hydrogens is 204 g/mol. The van der Waals surface area contributed by atoms with Gasteiger partial charge in [-0.1, -0.05) is 18.2 Å². The molecule has 1 amide bonds. The molecule has 1 aromatic rings. The van der Waals surface area contributed by atoms with Crippen molar-refractivity contribution in [3.05, 3.63) is 29.8 Å². The first-order chi connectivity index (χ1) is 7.70. The normalized spacial score (nSPS) is 24.2. The number of carbonyl (C=O) groups is 1. The molecule has 4 nitrogen and oxygen atoms in total. The summed E-state index contributed by atoms with van der Waals surface area (Å²) < 4.78 is 5.29. The number of nitrogens with two attached hydrogens (primary N) is 1. The predicted octanol–water partition coefficient (Wildman–Crippen LogP) is 0.926. The van der Waals surface area contributed by atoms with Gasteiger partial charge in [0.15, 0.2) is 0 Å². The Balaban J connectivity index is 2.33. The number of rotatable bonds is 3. The highest BCUT2D eigenvalue weighted by molar-refractivity contribution is 5.89. The molecule has 0 unspecified atom stereocenters. The lowest BCUT2D eigenvalue weighted by Gasteiger charge is -2.45. The van der Waals surface area contributed by atoms with E-state index in [0.717, 1.165) is 11.3 Å². The van der Waals surface area contributed by atoms with E-state index < -0.39 is 6.04 Å². The van der Waals surface area contributed by atoms with Crippen LogP contribution in [-0.2, 0) is 4.79 Å². The molecule has 1 aromatic carbocycles. The van der Waals surface area contributed by atoms with Gasteiger partial charge in [0.25, 0.3) is 0 Å². The van der Waals surface area contributed by atoms with Crippen molar-refractivity contribution in [3.8, 4) is 5.75 Å². The third-order valence-corrected chi connectivity index (χ3v) is 3.04. The zero-order valence-electron chi connectivity index (χ0n) is 9.51. The second-order valence-corrected chi connectivity index (χ2v) is 3.84. The Bertz CT molecular complexity index is 406. The quantitative estimate of drug-likeness (QED) is 0.771. The maximum Gasteiger partial charge on any atom is 0.242 e. The SMILES string of the molecule is CCN1C(=O)[C@@H](N)[C@@H]1c1ccccc1OC. The zero-order valence-corrected chi connectivity index (χ0v) is 9.51. The number of methoxy groups -OCH3 is 1. The van der Waals surface area contributed by atoms with Crippen LogP contribution < -0.4 is 10.5 Å². The van der Waals surface area contributed by atoms with Crippen LogP contribution in [0.5, 0.6) is 5.75 Å². The van der Waals surface area contributed by atoms with E-state index in [1.54, 1.807) is 12.0 Å². The largest absolute Gasteiger partial charge is 0.496 e. The van der Waals surface area contributed by atoms with Crippen LogP contribution in [0.15, 0.2) is 24.3 Å². The summed E-state index contributed by atoms with van der Waals surface area (Å²) >= 11 is 0. The van der Waals surface area contributed by atoms with Gasteiger partial charge in [-0.05, 0) is 13.0 Å². The molecule has 2 N–H and O–H groups in total. The number of likely N-dealkylation sites (tertiary alicyclic amines) is 1. The van der Waals surface area contributed by atoms with Gasteiger partial charge < -0.3 is 15.4 Å². The topological polar surface area (TPSA) is 55.6 Å². The Kier molecular flexibility index (Phi) is 2.83. The Hall–Kier alpha value is -1.55. The van der Waals surface area contributed by atoms with Crippen molar-refractivity contribution in [3.63, 3.8) is 0 Å². The average Bonchev–Trinajstić information content (AvgIpc) is 2.34. The first kappa shape index (κ1) is 11.0. The fourth-order valence-corrected chi connectivity index (χ4v) is 2.20. The molecule has 0 radical (unpaired) electrons. The molecule has 86 valence electrons. The van der Waals surface area contributed by atoms with Gasteiger partial charge in [0, 0.05) is 12.1 Å². The first-order valence-electron chi connectivity index (χ1n) is 5.39. The summed E-state index contributed by atoms with van der Waals surface area (Å²) in [5.74, 6) is 0.798. The van der Waals surface area contributed by atoms with E-state index in [-0.39, 0.29) is 11.9 Å². The number of carbonyl (C=O) groups excluding carboxylic acids is 1. The molecule has 1 aliphatic rings. The van der Waals surface area contributed by atoms with Gasteiger partial charge in [0.05, 0.1) is 13.2 Å². The third kappa shape index (κ3) is 1.46. The van der Waals surface area contributed by atoms with E-state index in [1.807, 2.05) is 31.2 Å². The van der Waals surface area contributed by atoms with Crippen LogP contribution in [-0.4, -0.2) is 30.5 Å². The number of benzene rings is 1. The van der Waals surface area contributed by atoms with Crippen LogP contribution >= 0.6 is 0 Å². The summed E-state index contributed by atoms with van der Waals surface area (Å²) in [5, 5.41) is 0. The number of β-lactam (4-membered cyclic amide) rings is 1. The van der Waals surface area contributed by atoms with E-state index in [4.69, 9.17) is 10.5 Å². The van der Waals surface area contributed by atoms with Crippen molar-refractivity contribution >= 4 is 5.91 Å². The van der Waals surface area contributed by atoms with Crippen molar-refractivity contribution in [1.82, 2.24) is 4.90 Å². The highest BCUT2D eigenvalue weighted by Crippen LogP contribution is 2.37. The molecule has 0 aromatic heterocycles. The second-order valence-electron chi connectivity index (χ2n) is 3.84. The van der Waals surface area contributed by atoms with Crippen LogP contribution in [0.2, 0.25) is 0 Å². The van der Waals surface area contributed by atoms with Crippen LogP contribution in [0, 0.1) is 0 Å². The minimum Gasteiger partial charge on any atom is -0.496 e. The molecule has 0 saturated carbocycles. The lowest BCUT2D eigenvalue weighted by molar-refractivity contribution is -0.149. The molecule has 0 spiro atoms. The van der Waals surface area contributed by atoms with E-state index in [2.05, 4.69) is 0 Å². The molecule has 1 fully saturated rings. The summed E-state index contributed by atoms with van der Waals surface area (Å²) in [6.45, 7) is 2.63. The number of ether oxygens (including phenoxy) is 1. The zero-order chi connectivity index (χ0) is 11.7. The summed E-state index contributed by atoms with van der Waals surface area (Å²) in [7, 11) is 1.63. The Morgan fingerprint density at radius 3 is 2.75 bits per heavy atom. The number of amides is 1. The minimum absolute atomic E-state index is 0.0124. The Morgan fingerprint density at radius 2 is 2.12 bits per heavy atom.